The monoisotopic (exact) mass is 403 g/mol. The van der Waals surface area contributed by atoms with Gasteiger partial charge in [0.2, 0.25) is 0 Å². The number of ether oxygens (including phenoxy) is 2. The summed E-state index contributed by atoms with van der Waals surface area (Å²) in [4.78, 5) is 15.1. The maximum absolute atomic E-state index is 12.7. The van der Waals surface area contributed by atoms with Crippen LogP contribution in [0.15, 0.2) is 30.5 Å². The number of halogens is 1. The van der Waals surface area contributed by atoms with E-state index in [2.05, 4.69) is 21.6 Å². The van der Waals surface area contributed by atoms with Crippen molar-refractivity contribution in [1.29, 1.82) is 0 Å². The van der Waals surface area contributed by atoms with Gasteiger partial charge in [-0.05, 0) is 50.0 Å². The van der Waals surface area contributed by atoms with Gasteiger partial charge in [-0.2, -0.15) is 0 Å². The van der Waals surface area contributed by atoms with Gasteiger partial charge in [0.05, 0.1) is 24.0 Å². The number of amides is 1. The summed E-state index contributed by atoms with van der Waals surface area (Å²) in [6.45, 7) is 3.46. The first kappa shape index (κ1) is 18.3. The molecule has 2 N–H and O–H groups in total. The molecule has 0 aliphatic carbocycles. The first-order chi connectivity index (χ1) is 13.5. The summed E-state index contributed by atoms with van der Waals surface area (Å²) in [5, 5.41) is 7.24. The van der Waals surface area contributed by atoms with Crippen molar-refractivity contribution in [3.63, 3.8) is 0 Å². The molecule has 2 spiro atoms. The van der Waals surface area contributed by atoms with E-state index in [0.29, 0.717) is 23.3 Å². The van der Waals surface area contributed by atoms with Crippen molar-refractivity contribution < 1.29 is 14.3 Å². The number of benzene rings is 1. The summed E-state index contributed by atoms with van der Waals surface area (Å²) in [5.41, 5.74) is 0.718. The summed E-state index contributed by atoms with van der Waals surface area (Å²) in [7, 11) is 0. The van der Waals surface area contributed by atoms with E-state index in [9.17, 15) is 4.79 Å². The Kier molecular flexibility index (Phi) is 4.53. The van der Waals surface area contributed by atoms with Gasteiger partial charge in [0.25, 0.3) is 5.91 Å². The van der Waals surface area contributed by atoms with Gasteiger partial charge in [-0.25, -0.2) is 0 Å². The second-order valence-corrected chi connectivity index (χ2v) is 8.94. The van der Waals surface area contributed by atoms with E-state index in [1.54, 1.807) is 6.07 Å². The number of piperidine rings is 1. The average molecular weight is 404 g/mol. The van der Waals surface area contributed by atoms with Gasteiger partial charge >= 0.3 is 0 Å². The normalized spacial score (nSPS) is 31.3. The van der Waals surface area contributed by atoms with Gasteiger partial charge in [-0.3, -0.25) is 9.69 Å². The Morgan fingerprint density at radius 2 is 2.11 bits per heavy atom. The molecule has 5 rings (SSSR count). The molecule has 2 fully saturated rings. The number of carbonyl (C=O) groups excluding carboxylic acids is 1. The van der Waals surface area contributed by atoms with Crippen LogP contribution in [0.3, 0.4) is 0 Å². The zero-order valence-corrected chi connectivity index (χ0v) is 16.6. The van der Waals surface area contributed by atoms with Crippen molar-refractivity contribution in [3.05, 3.63) is 41.1 Å². The molecule has 7 heteroatoms. The highest BCUT2D eigenvalue weighted by molar-refractivity contribution is 6.31. The molecule has 2 atom stereocenters. The molecule has 2 unspecified atom stereocenters. The molecule has 150 valence electrons. The fourth-order valence-corrected chi connectivity index (χ4v) is 5.12. The molecule has 4 aliphatic heterocycles. The zero-order valence-electron chi connectivity index (χ0n) is 15.9. The minimum atomic E-state index is -0.530. The lowest BCUT2D eigenvalue weighted by Gasteiger charge is -2.41. The van der Waals surface area contributed by atoms with Gasteiger partial charge < -0.3 is 20.1 Å². The number of nitrogens with zero attached hydrogens (tertiary/aromatic N) is 1. The second kappa shape index (κ2) is 6.94. The summed E-state index contributed by atoms with van der Waals surface area (Å²) in [6, 6.07) is 5.40. The fourth-order valence-electron chi connectivity index (χ4n) is 4.95. The van der Waals surface area contributed by atoms with Gasteiger partial charge in [0, 0.05) is 36.8 Å². The number of carbonyl (C=O) groups is 1. The number of allylic oxidation sites excluding steroid dienone is 1. The summed E-state index contributed by atoms with van der Waals surface area (Å²) < 4.78 is 12.0. The number of fused-ring (bicyclic) bond motifs is 1. The number of hydrogen-bond acceptors (Lipinski definition) is 5. The smallest absolute Gasteiger partial charge is 0.255 e. The summed E-state index contributed by atoms with van der Waals surface area (Å²) in [5.74, 6) is -0.0863. The summed E-state index contributed by atoms with van der Waals surface area (Å²) in [6.07, 6.45) is 9.16. The Morgan fingerprint density at radius 3 is 2.89 bits per heavy atom. The van der Waals surface area contributed by atoms with Crippen LogP contribution in [-0.4, -0.2) is 54.4 Å². The highest BCUT2D eigenvalue weighted by Crippen LogP contribution is 2.43. The third-order valence-corrected chi connectivity index (χ3v) is 6.69. The zero-order chi connectivity index (χ0) is 19.2. The van der Waals surface area contributed by atoms with E-state index in [0.717, 1.165) is 57.4 Å². The third kappa shape index (κ3) is 3.38. The minimum Gasteiger partial charge on any atom is -0.497 e. The molecular formula is C21H26ClN3O3. The lowest BCUT2D eigenvalue weighted by atomic mass is 9.84. The fraction of sp³-hybridized carbons (Fsp3) is 0.571. The van der Waals surface area contributed by atoms with Crippen LogP contribution in [0.1, 0.15) is 42.5 Å². The molecule has 4 heterocycles. The largest absolute Gasteiger partial charge is 0.497 e. The number of rotatable bonds is 2. The van der Waals surface area contributed by atoms with E-state index in [4.69, 9.17) is 21.1 Å². The van der Waals surface area contributed by atoms with Gasteiger partial charge in [0.1, 0.15) is 11.8 Å². The van der Waals surface area contributed by atoms with Crippen LogP contribution < -0.4 is 10.6 Å². The summed E-state index contributed by atoms with van der Waals surface area (Å²) >= 11 is 6.04. The Balaban J connectivity index is 1.23. The van der Waals surface area contributed by atoms with Crippen molar-refractivity contribution in [1.82, 2.24) is 10.2 Å². The maximum Gasteiger partial charge on any atom is 0.255 e. The van der Waals surface area contributed by atoms with Crippen LogP contribution in [0.5, 0.6) is 0 Å². The van der Waals surface area contributed by atoms with Crippen molar-refractivity contribution in [2.75, 3.05) is 31.6 Å². The van der Waals surface area contributed by atoms with Crippen LogP contribution in [0.25, 0.3) is 0 Å². The quantitative estimate of drug-likeness (QED) is 0.794. The van der Waals surface area contributed by atoms with Gasteiger partial charge in [-0.1, -0.05) is 11.6 Å². The van der Waals surface area contributed by atoms with Gasteiger partial charge in [-0.15, -0.1) is 0 Å². The number of hydrogen-bond donors (Lipinski definition) is 2. The van der Waals surface area contributed by atoms with Crippen LogP contribution in [0.2, 0.25) is 5.02 Å². The average Bonchev–Trinajstić information content (AvgIpc) is 3.03. The predicted octanol–water partition coefficient (Wildman–Crippen LogP) is 3.14. The van der Waals surface area contributed by atoms with Crippen molar-refractivity contribution in [2.45, 2.75) is 49.5 Å². The van der Waals surface area contributed by atoms with Crippen LogP contribution in [0.4, 0.5) is 5.69 Å². The minimum absolute atomic E-state index is 0.0863. The molecular weight excluding hydrogens is 378 g/mol. The molecule has 1 aromatic rings. The standard InChI is InChI=1S/C21H26ClN3O3/c22-15-4-5-18-17(11-15)19(26)24-21(23-18)13-20(28-14-21)6-8-25(9-7-20)12-16-3-1-2-10-27-16/h2,4-5,10-11,16,23H,1,3,6-9,12-14H2,(H,24,26). The number of anilines is 1. The molecule has 0 bridgehead atoms. The molecule has 28 heavy (non-hydrogen) atoms. The van der Waals surface area contributed by atoms with E-state index >= 15 is 0 Å². The van der Waals surface area contributed by atoms with Crippen molar-refractivity contribution in [3.8, 4) is 0 Å². The Bertz CT molecular complexity index is 806. The molecule has 1 aromatic carbocycles. The van der Waals surface area contributed by atoms with E-state index < -0.39 is 5.66 Å². The van der Waals surface area contributed by atoms with Crippen LogP contribution >= 0.6 is 11.6 Å². The second-order valence-electron chi connectivity index (χ2n) is 8.51. The third-order valence-electron chi connectivity index (χ3n) is 6.45. The van der Waals surface area contributed by atoms with Crippen molar-refractivity contribution in [2.24, 2.45) is 0 Å². The first-order valence-corrected chi connectivity index (χ1v) is 10.5. The number of nitrogens with one attached hydrogen (secondary N) is 2. The SMILES string of the molecule is O=C1NC2(COC3(CCN(CC4CCC=CO4)CC3)C2)Nc2ccc(Cl)cc21. The lowest BCUT2D eigenvalue weighted by molar-refractivity contribution is -0.0510. The predicted molar refractivity (Wildman–Crippen MR) is 107 cm³/mol. The Labute approximate surface area is 170 Å². The molecule has 6 nitrogen and oxygen atoms in total. The van der Waals surface area contributed by atoms with E-state index in [1.807, 2.05) is 18.4 Å². The van der Waals surface area contributed by atoms with Crippen molar-refractivity contribution >= 4 is 23.2 Å². The van der Waals surface area contributed by atoms with E-state index in [1.165, 1.54) is 0 Å². The highest BCUT2D eigenvalue weighted by atomic mass is 35.5. The lowest BCUT2D eigenvalue weighted by Crippen LogP contribution is -2.59. The Morgan fingerprint density at radius 1 is 1.25 bits per heavy atom. The molecule has 1 amide bonds. The molecule has 0 aromatic heterocycles. The van der Waals surface area contributed by atoms with Crippen LogP contribution in [-0.2, 0) is 9.47 Å². The van der Waals surface area contributed by atoms with E-state index in [-0.39, 0.29) is 11.5 Å². The van der Waals surface area contributed by atoms with Crippen LogP contribution in [0, 0.1) is 0 Å². The topological polar surface area (TPSA) is 62.8 Å². The first-order valence-electron chi connectivity index (χ1n) is 10.1. The number of likely N-dealkylation sites (tertiary alicyclic amines) is 1. The Hall–Kier alpha value is -1.76. The molecule has 0 radical (unpaired) electrons. The highest BCUT2D eigenvalue weighted by Gasteiger charge is 2.53. The maximum atomic E-state index is 12.7. The molecule has 2 saturated heterocycles. The van der Waals surface area contributed by atoms with Gasteiger partial charge in [0.15, 0.2) is 0 Å². The molecule has 0 saturated carbocycles. The molecule has 4 aliphatic rings.